The summed E-state index contributed by atoms with van der Waals surface area (Å²) >= 11 is 6.81. The van der Waals surface area contributed by atoms with Crippen molar-refractivity contribution in [3.8, 4) is 10.6 Å². The second-order valence-corrected chi connectivity index (χ2v) is 5.37. The predicted molar refractivity (Wildman–Crippen MR) is 64.8 cm³/mol. The first-order valence-electron chi connectivity index (χ1n) is 3.92. The van der Waals surface area contributed by atoms with E-state index in [1.807, 2.05) is 24.6 Å². The van der Waals surface area contributed by atoms with E-state index in [0.29, 0.717) is 0 Å². The Morgan fingerprint density at radius 1 is 1.50 bits per heavy atom. The van der Waals surface area contributed by atoms with E-state index >= 15 is 0 Å². The first kappa shape index (κ1) is 10.1. The monoisotopic (exact) mass is 286 g/mol. The van der Waals surface area contributed by atoms with Crippen molar-refractivity contribution >= 4 is 39.0 Å². The van der Waals surface area contributed by atoms with Crippen molar-refractivity contribution in [2.75, 3.05) is 6.26 Å². The number of aromatic nitrogens is 2. The molecule has 0 aliphatic heterocycles. The molecule has 0 atom stereocenters. The number of pyridine rings is 1. The molecule has 2 aromatic heterocycles. The summed E-state index contributed by atoms with van der Waals surface area (Å²) in [6.07, 6.45) is 5.64. The van der Waals surface area contributed by atoms with Crippen LogP contribution >= 0.6 is 39.0 Å². The van der Waals surface area contributed by atoms with Gasteiger partial charge in [-0.25, -0.2) is 4.98 Å². The SMILES string of the molecule is CSc1sc(-c2cccnc2)nc1Br. The molecule has 14 heavy (non-hydrogen) atoms. The van der Waals surface area contributed by atoms with Gasteiger partial charge in [0, 0.05) is 18.0 Å². The smallest absolute Gasteiger partial charge is 0.131 e. The first-order valence-corrected chi connectivity index (χ1v) is 6.75. The van der Waals surface area contributed by atoms with Crippen LogP contribution in [-0.2, 0) is 0 Å². The van der Waals surface area contributed by atoms with Gasteiger partial charge in [0.25, 0.3) is 0 Å². The molecule has 2 nitrogen and oxygen atoms in total. The van der Waals surface area contributed by atoms with E-state index in [9.17, 15) is 0 Å². The molecule has 2 aromatic rings. The van der Waals surface area contributed by atoms with E-state index in [1.54, 1.807) is 29.3 Å². The Labute approximate surface area is 98.9 Å². The average molecular weight is 287 g/mol. The van der Waals surface area contributed by atoms with E-state index < -0.39 is 0 Å². The van der Waals surface area contributed by atoms with Gasteiger partial charge in [-0.2, -0.15) is 0 Å². The van der Waals surface area contributed by atoms with Gasteiger partial charge in [-0.05, 0) is 34.3 Å². The molecule has 72 valence electrons. The van der Waals surface area contributed by atoms with Gasteiger partial charge in [0.1, 0.15) is 9.61 Å². The van der Waals surface area contributed by atoms with Crippen LogP contribution in [0.15, 0.2) is 33.3 Å². The van der Waals surface area contributed by atoms with Crippen LogP contribution < -0.4 is 0 Å². The predicted octanol–water partition coefficient (Wildman–Crippen LogP) is 3.69. The van der Waals surface area contributed by atoms with Crippen molar-refractivity contribution < 1.29 is 0 Å². The third kappa shape index (κ3) is 1.99. The van der Waals surface area contributed by atoms with Crippen LogP contribution in [0.1, 0.15) is 0 Å². The molecule has 0 radical (unpaired) electrons. The lowest BCUT2D eigenvalue weighted by Gasteiger charge is -1.91. The molecule has 2 rings (SSSR count). The molecule has 0 aromatic carbocycles. The minimum atomic E-state index is 0.925. The lowest BCUT2D eigenvalue weighted by Crippen LogP contribution is -1.76. The molecule has 2 heterocycles. The first-order chi connectivity index (χ1) is 6.81. The van der Waals surface area contributed by atoms with Gasteiger partial charge < -0.3 is 0 Å². The zero-order chi connectivity index (χ0) is 9.97. The van der Waals surface area contributed by atoms with Crippen molar-refractivity contribution in [2.24, 2.45) is 0 Å². The lowest BCUT2D eigenvalue weighted by molar-refractivity contribution is 1.28. The molecule has 0 aliphatic carbocycles. The van der Waals surface area contributed by atoms with Gasteiger partial charge in [-0.3, -0.25) is 4.98 Å². The largest absolute Gasteiger partial charge is 0.264 e. The fourth-order valence-corrected chi connectivity index (χ4v) is 3.51. The fourth-order valence-electron chi connectivity index (χ4n) is 1.03. The molecule has 0 aliphatic rings. The molecule has 0 fully saturated rings. The third-order valence-corrected chi connectivity index (χ3v) is 4.96. The highest BCUT2D eigenvalue weighted by Crippen LogP contribution is 2.36. The summed E-state index contributed by atoms with van der Waals surface area (Å²) in [4.78, 5) is 8.50. The number of halogens is 1. The summed E-state index contributed by atoms with van der Waals surface area (Å²) in [6, 6.07) is 3.94. The molecule has 0 saturated heterocycles. The topological polar surface area (TPSA) is 25.8 Å². The number of thiazole rings is 1. The van der Waals surface area contributed by atoms with Crippen LogP contribution in [0.25, 0.3) is 10.6 Å². The van der Waals surface area contributed by atoms with E-state index in [0.717, 1.165) is 15.2 Å². The highest BCUT2D eigenvalue weighted by molar-refractivity contribution is 9.10. The van der Waals surface area contributed by atoms with Crippen LogP contribution in [0.2, 0.25) is 0 Å². The Bertz CT molecular complexity index is 428. The minimum absolute atomic E-state index is 0.925. The summed E-state index contributed by atoms with van der Waals surface area (Å²) < 4.78 is 2.12. The second-order valence-electron chi connectivity index (χ2n) is 2.54. The van der Waals surface area contributed by atoms with Gasteiger partial charge in [-0.15, -0.1) is 23.1 Å². The summed E-state index contributed by atoms with van der Waals surface area (Å²) in [5.41, 5.74) is 1.07. The Hall–Kier alpha value is -0.390. The quantitative estimate of drug-likeness (QED) is 0.788. The van der Waals surface area contributed by atoms with Crippen LogP contribution in [0, 0.1) is 0 Å². The molecular weight excluding hydrogens is 280 g/mol. The Morgan fingerprint density at radius 3 is 2.93 bits per heavy atom. The number of hydrogen-bond acceptors (Lipinski definition) is 4. The summed E-state index contributed by atoms with van der Waals surface area (Å²) in [6.45, 7) is 0. The second kappa shape index (κ2) is 4.42. The molecular formula is C9H7BrN2S2. The van der Waals surface area contributed by atoms with Crippen LogP contribution in [0.3, 0.4) is 0 Å². The molecule has 5 heteroatoms. The Kier molecular flexibility index (Phi) is 3.20. The number of nitrogens with zero attached hydrogens (tertiary/aromatic N) is 2. The highest BCUT2D eigenvalue weighted by atomic mass is 79.9. The molecule has 0 spiro atoms. The van der Waals surface area contributed by atoms with E-state index in [1.165, 1.54) is 4.21 Å². The summed E-state index contributed by atoms with van der Waals surface area (Å²) in [5, 5.41) is 1.01. The zero-order valence-corrected chi connectivity index (χ0v) is 10.6. The fraction of sp³-hybridized carbons (Fsp3) is 0.111. The third-order valence-electron chi connectivity index (χ3n) is 1.65. The van der Waals surface area contributed by atoms with Crippen molar-refractivity contribution in [3.05, 3.63) is 29.1 Å². The number of hydrogen-bond donors (Lipinski definition) is 0. The lowest BCUT2D eigenvalue weighted by atomic mass is 10.3. The highest BCUT2D eigenvalue weighted by Gasteiger charge is 2.08. The zero-order valence-electron chi connectivity index (χ0n) is 7.40. The Balaban J connectivity index is 2.43. The Morgan fingerprint density at radius 2 is 2.36 bits per heavy atom. The summed E-state index contributed by atoms with van der Waals surface area (Å²) in [5.74, 6) is 0. The van der Waals surface area contributed by atoms with Gasteiger partial charge >= 0.3 is 0 Å². The van der Waals surface area contributed by atoms with E-state index in [-0.39, 0.29) is 0 Å². The standard InChI is InChI=1S/C9H7BrN2S2/c1-13-9-7(10)12-8(14-9)6-3-2-4-11-5-6/h2-5H,1H3. The van der Waals surface area contributed by atoms with Crippen molar-refractivity contribution in [1.82, 2.24) is 9.97 Å². The van der Waals surface area contributed by atoms with Crippen molar-refractivity contribution in [3.63, 3.8) is 0 Å². The maximum Gasteiger partial charge on any atom is 0.131 e. The van der Waals surface area contributed by atoms with Crippen molar-refractivity contribution in [1.29, 1.82) is 0 Å². The van der Waals surface area contributed by atoms with Gasteiger partial charge in [0.2, 0.25) is 0 Å². The number of rotatable bonds is 2. The summed E-state index contributed by atoms with van der Waals surface area (Å²) in [7, 11) is 0. The molecule has 0 unspecified atom stereocenters. The van der Waals surface area contributed by atoms with Crippen LogP contribution in [0.4, 0.5) is 0 Å². The molecule has 0 amide bonds. The number of thioether (sulfide) groups is 1. The molecule has 0 N–H and O–H groups in total. The van der Waals surface area contributed by atoms with Gasteiger partial charge in [-0.1, -0.05) is 0 Å². The molecule has 0 saturated carbocycles. The maximum absolute atomic E-state index is 4.43. The van der Waals surface area contributed by atoms with Crippen LogP contribution in [0.5, 0.6) is 0 Å². The van der Waals surface area contributed by atoms with Gasteiger partial charge in [0.15, 0.2) is 0 Å². The van der Waals surface area contributed by atoms with E-state index in [2.05, 4.69) is 25.9 Å². The minimum Gasteiger partial charge on any atom is -0.264 e. The van der Waals surface area contributed by atoms with Gasteiger partial charge in [0.05, 0.1) is 4.21 Å². The normalized spacial score (nSPS) is 10.4. The van der Waals surface area contributed by atoms with Crippen LogP contribution in [-0.4, -0.2) is 16.2 Å². The maximum atomic E-state index is 4.43. The van der Waals surface area contributed by atoms with E-state index in [4.69, 9.17) is 0 Å². The molecule has 0 bridgehead atoms. The van der Waals surface area contributed by atoms with Crippen molar-refractivity contribution in [2.45, 2.75) is 4.21 Å². The average Bonchev–Trinajstić information content (AvgIpc) is 2.61.